The molecule has 0 saturated carbocycles. The van der Waals surface area contributed by atoms with Crippen molar-refractivity contribution in [3.63, 3.8) is 0 Å². The van der Waals surface area contributed by atoms with Crippen molar-refractivity contribution >= 4 is 23.3 Å². The van der Waals surface area contributed by atoms with Crippen molar-refractivity contribution in [3.05, 3.63) is 59.1 Å². The van der Waals surface area contributed by atoms with Crippen LogP contribution in [0.5, 0.6) is 0 Å². The van der Waals surface area contributed by atoms with Crippen molar-refractivity contribution in [3.8, 4) is 11.1 Å². The number of carbonyl (C=O) groups is 2. The minimum Gasteiger partial charge on any atom is -0.294 e. The Bertz CT molecular complexity index is 696. The second-order valence-electron chi connectivity index (χ2n) is 5.96. The van der Waals surface area contributed by atoms with Crippen molar-refractivity contribution in [2.45, 2.75) is 38.5 Å². The molecule has 2 aromatic carbocycles. The number of carbonyl (C=O) groups excluding carboxylic acids is 2. The van der Waals surface area contributed by atoms with Gasteiger partial charge in [0.15, 0.2) is 5.78 Å². The molecule has 0 spiro atoms. The Morgan fingerprint density at radius 1 is 0.800 bits per heavy atom. The van der Waals surface area contributed by atoms with Crippen LogP contribution in [0.4, 0.5) is 0 Å². The van der Waals surface area contributed by atoms with E-state index in [-0.39, 0.29) is 11.7 Å². The van der Waals surface area contributed by atoms with Gasteiger partial charge in [-0.25, -0.2) is 5.48 Å². The van der Waals surface area contributed by atoms with E-state index >= 15 is 0 Å². The number of amides is 1. The Morgan fingerprint density at radius 3 is 1.88 bits per heavy atom. The molecule has 0 aliphatic heterocycles. The zero-order chi connectivity index (χ0) is 18.1. The van der Waals surface area contributed by atoms with E-state index in [0.29, 0.717) is 17.9 Å². The van der Waals surface area contributed by atoms with Crippen molar-refractivity contribution in [2.75, 3.05) is 0 Å². The van der Waals surface area contributed by atoms with Gasteiger partial charge >= 0.3 is 0 Å². The average molecular weight is 360 g/mol. The van der Waals surface area contributed by atoms with Crippen LogP contribution in [0.15, 0.2) is 48.5 Å². The summed E-state index contributed by atoms with van der Waals surface area (Å²) in [6.45, 7) is 0. The number of benzene rings is 2. The van der Waals surface area contributed by atoms with E-state index in [4.69, 9.17) is 16.8 Å². The molecule has 0 bridgehead atoms. The van der Waals surface area contributed by atoms with Crippen molar-refractivity contribution in [1.29, 1.82) is 0 Å². The van der Waals surface area contributed by atoms with Gasteiger partial charge in [-0.15, -0.1) is 0 Å². The van der Waals surface area contributed by atoms with Crippen LogP contribution in [0, 0.1) is 0 Å². The largest absolute Gasteiger partial charge is 0.294 e. The number of halogens is 1. The Balaban J connectivity index is 1.76. The fourth-order valence-corrected chi connectivity index (χ4v) is 2.74. The molecule has 0 aliphatic rings. The number of hydrogen-bond acceptors (Lipinski definition) is 3. The molecule has 2 rings (SSSR count). The predicted molar refractivity (Wildman–Crippen MR) is 98.8 cm³/mol. The summed E-state index contributed by atoms with van der Waals surface area (Å²) in [5.41, 5.74) is 4.45. The molecule has 0 heterocycles. The molecule has 132 valence electrons. The molecule has 2 aromatic rings. The first kappa shape index (κ1) is 19.2. The van der Waals surface area contributed by atoms with Crippen molar-refractivity contribution < 1.29 is 14.8 Å². The molecule has 0 aromatic heterocycles. The van der Waals surface area contributed by atoms with Crippen LogP contribution >= 0.6 is 11.6 Å². The lowest BCUT2D eigenvalue weighted by Crippen LogP contribution is -2.17. The lowest BCUT2D eigenvalue weighted by atomic mass is 10.00. The summed E-state index contributed by atoms with van der Waals surface area (Å²) in [4.78, 5) is 23.1. The summed E-state index contributed by atoms with van der Waals surface area (Å²) in [7, 11) is 0. The third-order valence-electron chi connectivity index (χ3n) is 4.07. The van der Waals surface area contributed by atoms with E-state index < -0.39 is 0 Å². The first-order chi connectivity index (χ1) is 12.1. The molecular weight excluding hydrogens is 338 g/mol. The van der Waals surface area contributed by atoms with Gasteiger partial charge in [-0.2, -0.15) is 0 Å². The molecule has 0 unspecified atom stereocenters. The van der Waals surface area contributed by atoms with Crippen LogP contribution < -0.4 is 5.48 Å². The lowest BCUT2D eigenvalue weighted by Gasteiger charge is -2.05. The Labute approximate surface area is 152 Å². The maximum atomic E-state index is 12.2. The Morgan fingerprint density at radius 2 is 1.32 bits per heavy atom. The van der Waals surface area contributed by atoms with Gasteiger partial charge in [0.25, 0.3) is 0 Å². The number of ketones is 1. The molecule has 25 heavy (non-hydrogen) atoms. The highest BCUT2D eigenvalue weighted by Gasteiger charge is 2.06. The molecule has 0 atom stereocenters. The standard InChI is InChI=1S/C20H22ClNO3/c21-18-13-11-16(12-14-18)15-7-9-17(10-8-15)19(23)5-3-1-2-4-6-20(24)22-25/h7-14,25H,1-6H2,(H,22,24). The smallest absolute Gasteiger partial charge is 0.243 e. The van der Waals surface area contributed by atoms with Crippen LogP contribution in [0.2, 0.25) is 5.02 Å². The van der Waals surface area contributed by atoms with Crippen molar-refractivity contribution in [1.82, 2.24) is 5.48 Å². The molecule has 5 heteroatoms. The monoisotopic (exact) mass is 359 g/mol. The Hall–Kier alpha value is -2.17. The van der Waals surface area contributed by atoms with Gasteiger partial charge in [0, 0.05) is 23.4 Å². The highest BCUT2D eigenvalue weighted by atomic mass is 35.5. The highest BCUT2D eigenvalue weighted by molar-refractivity contribution is 6.30. The quantitative estimate of drug-likeness (QED) is 0.285. The van der Waals surface area contributed by atoms with Gasteiger partial charge in [-0.1, -0.05) is 60.8 Å². The minimum absolute atomic E-state index is 0.135. The first-order valence-corrected chi connectivity index (χ1v) is 8.80. The van der Waals surface area contributed by atoms with E-state index in [1.807, 2.05) is 48.5 Å². The fourth-order valence-electron chi connectivity index (χ4n) is 2.62. The molecule has 2 N–H and O–H groups in total. The predicted octanol–water partition coefficient (Wildman–Crippen LogP) is 5.04. The van der Waals surface area contributed by atoms with Gasteiger partial charge in [-0.05, 0) is 36.1 Å². The van der Waals surface area contributed by atoms with Crippen LogP contribution in [0.1, 0.15) is 48.9 Å². The summed E-state index contributed by atoms with van der Waals surface area (Å²) >= 11 is 5.89. The van der Waals surface area contributed by atoms with Gasteiger partial charge in [-0.3, -0.25) is 14.8 Å². The van der Waals surface area contributed by atoms with Crippen LogP contribution in [-0.4, -0.2) is 16.9 Å². The Kier molecular flexibility index (Phi) is 7.64. The average Bonchev–Trinajstić information content (AvgIpc) is 2.65. The van der Waals surface area contributed by atoms with Crippen LogP contribution in [0.25, 0.3) is 11.1 Å². The summed E-state index contributed by atoms with van der Waals surface area (Å²) in [5.74, 6) is -0.229. The first-order valence-electron chi connectivity index (χ1n) is 8.42. The van der Waals surface area contributed by atoms with E-state index in [0.717, 1.165) is 42.4 Å². The summed E-state index contributed by atoms with van der Waals surface area (Å²) in [6, 6.07) is 15.2. The van der Waals surface area contributed by atoms with Crippen LogP contribution in [-0.2, 0) is 4.79 Å². The van der Waals surface area contributed by atoms with E-state index in [1.54, 1.807) is 5.48 Å². The summed E-state index contributed by atoms with van der Waals surface area (Å²) < 4.78 is 0. The van der Waals surface area contributed by atoms with Gasteiger partial charge < -0.3 is 0 Å². The third kappa shape index (κ3) is 6.33. The summed E-state index contributed by atoms with van der Waals surface area (Å²) in [6.07, 6.45) is 4.11. The zero-order valence-electron chi connectivity index (χ0n) is 14.0. The molecule has 0 radical (unpaired) electrons. The topological polar surface area (TPSA) is 66.4 Å². The third-order valence-corrected chi connectivity index (χ3v) is 4.32. The second kappa shape index (κ2) is 9.97. The summed E-state index contributed by atoms with van der Waals surface area (Å²) in [5, 5.41) is 9.09. The second-order valence-corrected chi connectivity index (χ2v) is 6.39. The molecule has 0 fully saturated rings. The van der Waals surface area contributed by atoms with Crippen molar-refractivity contribution in [2.24, 2.45) is 0 Å². The van der Waals surface area contributed by atoms with E-state index in [1.165, 1.54) is 0 Å². The van der Waals surface area contributed by atoms with Gasteiger partial charge in [0.1, 0.15) is 0 Å². The number of unbranched alkanes of at least 4 members (excludes halogenated alkanes) is 3. The maximum absolute atomic E-state index is 12.2. The molecule has 1 amide bonds. The molecule has 0 saturated heterocycles. The number of Topliss-reactive ketones (excluding diaryl/α,β-unsaturated/α-hetero) is 1. The minimum atomic E-state index is -0.364. The fraction of sp³-hybridized carbons (Fsp3) is 0.300. The number of rotatable bonds is 9. The molecule has 4 nitrogen and oxygen atoms in total. The highest BCUT2D eigenvalue weighted by Crippen LogP contribution is 2.22. The maximum Gasteiger partial charge on any atom is 0.243 e. The van der Waals surface area contributed by atoms with E-state index in [9.17, 15) is 9.59 Å². The van der Waals surface area contributed by atoms with E-state index in [2.05, 4.69) is 0 Å². The zero-order valence-corrected chi connectivity index (χ0v) is 14.8. The number of hydroxylamine groups is 1. The van der Waals surface area contributed by atoms with Gasteiger partial charge in [0.05, 0.1) is 0 Å². The molecular formula is C20H22ClNO3. The van der Waals surface area contributed by atoms with Crippen LogP contribution in [0.3, 0.4) is 0 Å². The normalized spacial score (nSPS) is 10.5. The molecule has 0 aliphatic carbocycles. The number of nitrogens with one attached hydrogen (secondary N) is 1. The van der Waals surface area contributed by atoms with Gasteiger partial charge in [0.2, 0.25) is 5.91 Å². The number of hydrogen-bond donors (Lipinski definition) is 2. The lowest BCUT2D eigenvalue weighted by molar-refractivity contribution is -0.129. The SMILES string of the molecule is O=C(CCCCCCC(=O)c1ccc(-c2ccc(Cl)cc2)cc1)NO.